The summed E-state index contributed by atoms with van der Waals surface area (Å²) in [6, 6.07) is 11.5. The van der Waals surface area contributed by atoms with E-state index in [2.05, 4.69) is 122 Å². The Hall–Kier alpha value is -7.60. The minimum absolute atomic E-state index is 0.0135. The van der Waals surface area contributed by atoms with Crippen molar-refractivity contribution in [1.82, 2.24) is 10.6 Å². The van der Waals surface area contributed by atoms with Gasteiger partial charge in [-0.25, -0.2) is 9.59 Å². The fourth-order valence-corrected chi connectivity index (χ4v) is 6.78. The molecule has 2 aromatic carbocycles. The second-order valence-corrected chi connectivity index (χ2v) is 18.1. The Bertz CT molecular complexity index is 2410. The monoisotopic (exact) mass is 1040 g/mol. The summed E-state index contributed by atoms with van der Waals surface area (Å²) in [5.74, 6) is -4.91. The van der Waals surface area contributed by atoms with E-state index in [4.69, 9.17) is 14.2 Å². The number of unbranched alkanes of at least 4 members (excludes halogenated alkanes) is 1. The molecule has 3 amide bonds. The van der Waals surface area contributed by atoms with Gasteiger partial charge >= 0.3 is 17.9 Å². The molecule has 76 heavy (non-hydrogen) atoms. The Morgan fingerprint density at radius 1 is 0.539 bits per heavy atom. The number of phenolic OH excluding ortho intramolecular Hbond substituents is 1. The average Bonchev–Trinajstić information content (AvgIpc) is 3.40. The third-order valence-corrected chi connectivity index (χ3v) is 11.0. The van der Waals surface area contributed by atoms with Crippen molar-refractivity contribution in [2.75, 3.05) is 13.2 Å². The van der Waals surface area contributed by atoms with E-state index in [0.717, 1.165) is 64.2 Å². The number of carbonyl (C=O) groups excluding carboxylic acids is 6. The van der Waals surface area contributed by atoms with Gasteiger partial charge < -0.3 is 24.6 Å². The smallest absolute Gasteiger partial charge is 0.347 e. The highest BCUT2D eigenvalue weighted by Crippen LogP contribution is 2.29. The first-order valence-corrected chi connectivity index (χ1v) is 26.6. The number of hydrogen-bond donors (Lipinski definition) is 3. The van der Waals surface area contributed by atoms with Crippen LogP contribution < -0.4 is 15.4 Å². The fourth-order valence-electron chi connectivity index (χ4n) is 6.78. The van der Waals surface area contributed by atoms with Crippen molar-refractivity contribution in [2.45, 2.75) is 137 Å². The van der Waals surface area contributed by atoms with Crippen LogP contribution in [0.3, 0.4) is 0 Å². The van der Waals surface area contributed by atoms with Crippen LogP contribution in [0.15, 0.2) is 182 Å². The van der Waals surface area contributed by atoms with E-state index in [9.17, 15) is 33.9 Å². The quantitative estimate of drug-likeness (QED) is 0.0256. The molecule has 0 bridgehead atoms. The SMILES string of the molecule is CC/C=C\C/C=C\C/C=C\C/C=C\C/C=C\C/C=C\CC(=O)NC(=O)CCNC(=O)[C@H](OC(=O)c1ccccc1OC(=O)c1ccccc1O)C(C)(C)COC(=O)CCC/C=C/C/C=C\C/C=C\C/C=C\C/C=C\CC. The normalized spacial score (nSPS) is 12.9. The molecule has 0 fully saturated rings. The Morgan fingerprint density at radius 2 is 0.987 bits per heavy atom. The average molecular weight is 1040 g/mol. The van der Waals surface area contributed by atoms with Crippen molar-refractivity contribution < 1.29 is 48.1 Å². The van der Waals surface area contributed by atoms with Gasteiger partial charge in [0.25, 0.3) is 5.91 Å². The summed E-state index contributed by atoms with van der Waals surface area (Å²) in [5, 5.41) is 15.1. The van der Waals surface area contributed by atoms with Crippen molar-refractivity contribution in [3.8, 4) is 11.5 Å². The van der Waals surface area contributed by atoms with Crippen molar-refractivity contribution >= 4 is 35.6 Å². The van der Waals surface area contributed by atoms with Crippen LogP contribution in [-0.2, 0) is 28.7 Å². The number of ether oxygens (including phenoxy) is 3. The van der Waals surface area contributed by atoms with Crippen molar-refractivity contribution in [3.63, 3.8) is 0 Å². The van der Waals surface area contributed by atoms with Gasteiger partial charge in [-0.2, -0.15) is 0 Å². The number of esters is 3. The maximum Gasteiger partial charge on any atom is 0.347 e. The number of nitrogens with one attached hydrogen (secondary N) is 2. The zero-order chi connectivity index (χ0) is 55.3. The molecule has 1 atom stereocenters. The van der Waals surface area contributed by atoms with Gasteiger partial charge in [0, 0.05) is 31.2 Å². The van der Waals surface area contributed by atoms with Gasteiger partial charge in [-0.15, -0.1) is 0 Å². The summed E-state index contributed by atoms with van der Waals surface area (Å²) in [5.41, 5.74) is -1.64. The molecule has 0 saturated heterocycles. The number of rotatable bonds is 37. The third-order valence-electron chi connectivity index (χ3n) is 11.0. The van der Waals surface area contributed by atoms with Gasteiger partial charge in [0.05, 0.1) is 0 Å². The number of carbonyl (C=O) groups is 6. The minimum atomic E-state index is -1.58. The molecule has 2 aromatic rings. The number of benzene rings is 2. The number of imide groups is 1. The van der Waals surface area contributed by atoms with E-state index in [0.29, 0.717) is 19.3 Å². The molecular weight excluding hydrogens is 957 g/mol. The lowest BCUT2D eigenvalue weighted by molar-refractivity contribution is -0.153. The number of allylic oxidation sites excluding steroid dienone is 21. The summed E-state index contributed by atoms with van der Waals surface area (Å²) in [6.45, 7) is 6.88. The van der Waals surface area contributed by atoms with Crippen LogP contribution in [0, 0.1) is 5.41 Å². The number of para-hydroxylation sites is 2. The highest BCUT2D eigenvalue weighted by atomic mass is 16.6. The predicted molar refractivity (Wildman–Crippen MR) is 305 cm³/mol. The number of amides is 3. The molecule has 0 aliphatic carbocycles. The zero-order valence-electron chi connectivity index (χ0n) is 45.2. The summed E-state index contributed by atoms with van der Waals surface area (Å²) >= 11 is 0. The molecule has 3 N–H and O–H groups in total. The van der Waals surface area contributed by atoms with Crippen LogP contribution in [0.1, 0.15) is 151 Å². The fraction of sp³-hybridized carbons (Fsp3) is 0.375. The van der Waals surface area contributed by atoms with Crippen LogP contribution in [0.5, 0.6) is 11.5 Å². The first-order valence-electron chi connectivity index (χ1n) is 26.6. The van der Waals surface area contributed by atoms with Gasteiger partial charge in [0.15, 0.2) is 6.10 Å². The van der Waals surface area contributed by atoms with E-state index >= 15 is 0 Å². The van der Waals surface area contributed by atoms with Gasteiger partial charge in [-0.05, 0) is 108 Å². The highest BCUT2D eigenvalue weighted by Gasteiger charge is 2.40. The lowest BCUT2D eigenvalue weighted by Gasteiger charge is -2.32. The molecule has 12 heteroatoms. The van der Waals surface area contributed by atoms with E-state index < -0.39 is 47.1 Å². The number of hydrogen-bond acceptors (Lipinski definition) is 10. The van der Waals surface area contributed by atoms with Crippen LogP contribution in [0.4, 0.5) is 0 Å². The van der Waals surface area contributed by atoms with Crippen molar-refractivity contribution in [1.29, 1.82) is 0 Å². The largest absolute Gasteiger partial charge is 0.507 e. The molecule has 0 saturated carbocycles. The first-order chi connectivity index (χ1) is 36.9. The van der Waals surface area contributed by atoms with E-state index in [1.165, 1.54) is 48.5 Å². The lowest BCUT2D eigenvalue weighted by atomic mass is 9.86. The zero-order valence-corrected chi connectivity index (χ0v) is 45.2. The topological polar surface area (TPSA) is 174 Å². The molecule has 2 rings (SSSR count). The van der Waals surface area contributed by atoms with Crippen LogP contribution in [0.2, 0.25) is 0 Å². The van der Waals surface area contributed by atoms with Crippen LogP contribution in [0.25, 0.3) is 0 Å². The maximum atomic E-state index is 13.8. The summed E-state index contributed by atoms with van der Waals surface area (Å²) in [6.07, 6.45) is 55.2. The Labute approximate surface area is 452 Å². The molecule has 12 nitrogen and oxygen atoms in total. The predicted octanol–water partition coefficient (Wildman–Crippen LogP) is 13.9. The molecule has 0 aliphatic heterocycles. The Morgan fingerprint density at radius 3 is 1.49 bits per heavy atom. The molecule has 0 heterocycles. The molecule has 0 radical (unpaired) electrons. The number of aromatic hydroxyl groups is 1. The van der Waals surface area contributed by atoms with Crippen molar-refractivity contribution in [2.24, 2.45) is 5.41 Å². The first kappa shape index (κ1) is 64.5. The standard InChI is InChI=1S/C64H82N2O10/c1-5-7-9-11-13-15-17-19-21-23-25-26-28-30-32-34-36-38-48-57(68)66-58(69)50-51-65-61(71)60(76-63(73)54-45-41-43-47-56(54)75-62(72)53-44-40-42-46-55(53)67)64(3,4)52-74-59(70)49-39-37-35-33-31-29-27-24-22-20-18-16-14-12-10-8-6-2/h7-10,13-16,19-22,25-27,29-30,32-33,35-36,38,40-47,60,67H,5-6,11-12,17-18,23-24,28,31,34,37,39,48-52H2,1-4H3,(H,65,71)(H,66,68,69)/b9-7-,10-8-,15-13-,16-14-,21-19-,22-20-,26-25-,29-27-,32-30-,35-33+,38-36-/t60-/m0/s1. The lowest BCUT2D eigenvalue weighted by Crippen LogP contribution is -2.49. The Balaban J connectivity index is 1.93. The molecular formula is C64H82N2O10. The Kier molecular flexibility index (Phi) is 35.4. The maximum absolute atomic E-state index is 13.8. The van der Waals surface area contributed by atoms with E-state index in [-0.39, 0.29) is 55.0 Å². The highest BCUT2D eigenvalue weighted by molar-refractivity contribution is 5.99. The molecule has 0 unspecified atom stereocenters. The van der Waals surface area contributed by atoms with Crippen LogP contribution >= 0.6 is 0 Å². The second-order valence-electron chi connectivity index (χ2n) is 18.1. The summed E-state index contributed by atoms with van der Waals surface area (Å²) in [7, 11) is 0. The van der Waals surface area contributed by atoms with Crippen molar-refractivity contribution in [3.05, 3.63) is 193 Å². The van der Waals surface area contributed by atoms with E-state index in [1.54, 1.807) is 19.9 Å². The summed E-state index contributed by atoms with van der Waals surface area (Å²) in [4.78, 5) is 78.7. The number of phenols is 1. The van der Waals surface area contributed by atoms with E-state index in [1.807, 2.05) is 30.4 Å². The van der Waals surface area contributed by atoms with Gasteiger partial charge in [0.1, 0.15) is 29.2 Å². The molecule has 0 aliphatic rings. The van der Waals surface area contributed by atoms with Gasteiger partial charge in [-0.3, -0.25) is 24.5 Å². The van der Waals surface area contributed by atoms with Gasteiger partial charge in [-0.1, -0.05) is 186 Å². The molecule has 0 aromatic heterocycles. The third kappa shape index (κ3) is 31.2. The minimum Gasteiger partial charge on any atom is -0.507 e. The second kappa shape index (κ2) is 41.7. The molecule has 408 valence electrons. The summed E-state index contributed by atoms with van der Waals surface area (Å²) < 4.78 is 16.9. The van der Waals surface area contributed by atoms with Gasteiger partial charge in [0.2, 0.25) is 11.8 Å². The van der Waals surface area contributed by atoms with Crippen LogP contribution in [-0.4, -0.2) is 60.0 Å². The molecule has 0 spiro atoms.